The molecule has 1 aromatic rings. The lowest BCUT2D eigenvalue weighted by Crippen LogP contribution is -2.44. The normalized spacial score (nSPS) is 22.6. The van der Waals surface area contributed by atoms with Crippen LogP contribution in [0.5, 0.6) is 0 Å². The highest BCUT2D eigenvalue weighted by Gasteiger charge is 2.28. The topological polar surface area (TPSA) is 96.2 Å². The molecular weight excluding hydrogens is 495 g/mol. The SMILES string of the molecule is I.O=S1(=O)CCC(NC(=NCCCN2CCOCC2)NCCc2ccco2)C1. The molecule has 0 aliphatic carbocycles. The van der Waals surface area contributed by atoms with Crippen LogP contribution < -0.4 is 10.6 Å². The van der Waals surface area contributed by atoms with Crippen molar-refractivity contribution >= 4 is 39.8 Å². The van der Waals surface area contributed by atoms with E-state index in [4.69, 9.17) is 9.15 Å². The molecule has 0 radical (unpaired) electrons. The van der Waals surface area contributed by atoms with E-state index in [0.29, 0.717) is 25.5 Å². The van der Waals surface area contributed by atoms with Gasteiger partial charge in [-0.05, 0) is 25.0 Å². The predicted octanol–water partition coefficient (Wildman–Crippen LogP) is 0.885. The molecule has 0 spiro atoms. The standard InChI is InChI=1S/C18H30N4O4S.HI/c23-27(24)14-5-16(15-27)21-18(20-7-4-17-3-1-11-26-17)19-6-2-8-22-9-12-25-13-10-22;/h1,3,11,16H,2,4-10,12-15H2,(H2,19,20,21);1H. The fourth-order valence-electron chi connectivity index (χ4n) is 3.32. The van der Waals surface area contributed by atoms with Gasteiger partial charge in [-0.3, -0.25) is 9.89 Å². The van der Waals surface area contributed by atoms with Crippen LogP contribution in [0.2, 0.25) is 0 Å². The smallest absolute Gasteiger partial charge is 0.191 e. The molecule has 1 atom stereocenters. The van der Waals surface area contributed by atoms with Gasteiger partial charge in [-0.1, -0.05) is 0 Å². The second-order valence-corrected chi connectivity index (χ2v) is 9.27. The van der Waals surface area contributed by atoms with E-state index in [1.54, 1.807) is 6.26 Å². The van der Waals surface area contributed by atoms with Crippen molar-refractivity contribution in [2.75, 3.05) is 57.4 Å². The van der Waals surface area contributed by atoms with Crippen LogP contribution in [0, 0.1) is 0 Å². The second-order valence-electron chi connectivity index (χ2n) is 7.04. The maximum atomic E-state index is 11.7. The Balaban J connectivity index is 0.00000280. The number of nitrogens with one attached hydrogen (secondary N) is 2. The lowest BCUT2D eigenvalue weighted by molar-refractivity contribution is 0.0377. The van der Waals surface area contributed by atoms with Crippen molar-refractivity contribution < 1.29 is 17.6 Å². The molecule has 8 nitrogen and oxygen atoms in total. The third-order valence-corrected chi connectivity index (χ3v) is 6.59. The van der Waals surface area contributed by atoms with Crippen LogP contribution >= 0.6 is 24.0 Å². The summed E-state index contributed by atoms with van der Waals surface area (Å²) in [5.74, 6) is 2.03. The lowest BCUT2D eigenvalue weighted by Gasteiger charge is -2.26. The molecule has 1 unspecified atom stereocenters. The Labute approximate surface area is 184 Å². The largest absolute Gasteiger partial charge is 0.469 e. The molecule has 10 heteroatoms. The quantitative estimate of drug-likeness (QED) is 0.225. The molecular formula is C18H31IN4O4S. The van der Waals surface area contributed by atoms with Crippen molar-refractivity contribution in [1.29, 1.82) is 0 Å². The monoisotopic (exact) mass is 526 g/mol. The first-order valence-electron chi connectivity index (χ1n) is 9.68. The summed E-state index contributed by atoms with van der Waals surface area (Å²) in [6.45, 7) is 5.97. The number of furan rings is 1. The van der Waals surface area contributed by atoms with Crippen LogP contribution in [0.4, 0.5) is 0 Å². The summed E-state index contributed by atoms with van der Waals surface area (Å²) in [6, 6.07) is 3.75. The number of morpholine rings is 1. The summed E-state index contributed by atoms with van der Waals surface area (Å²) >= 11 is 0. The minimum absolute atomic E-state index is 0. The van der Waals surface area contributed by atoms with Crippen LogP contribution in [0.15, 0.2) is 27.8 Å². The Kier molecular flexibility index (Phi) is 10.0. The van der Waals surface area contributed by atoms with E-state index in [0.717, 1.165) is 51.4 Å². The maximum Gasteiger partial charge on any atom is 0.191 e. The minimum atomic E-state index is -2.92. The molecule has 0 bridgehead atoms. The molecule has 2 fully saturated rings. The summed E-state index contributed by atoms with van der Waals surface area (Å²) in [4.78, 5) is 7.04. The Morgan fingerprint density at radius 3 is 2.82 bits per heavy atom. The lowest BCUT2D eigenvalue weighted by atomic mass is 10.3. The van der Waals surface area contributed by atoms with E-state index in [1.165, 1.54) is 0 Å². The van der Waals surface area contributed by atoms with Crippen molar-refractivity contribution in [2.24, 2.45) is 4.99 Å². The van der Waals surface area contributed by atoms with E-state index in [1.807, 2.05) is 12.1 Å². The number of halogens is 1. The average Bonchev–Trinajstić information content (AvgIpc) is 3.28. The van der Waals surface area contributed by atoms with Gasteiger partial charge in [0.2, 0.25) is 0 Å². The van der Waals surface area contributed by atoms with E-state index >= 15 is 0 Å². The van der Waals surface area contributed by atoms with Crippen molar-refractivity contribution in [3.05, 3.63) is 24.2 Å². The van der Waals surface area contributed by atoms with Gasteiger partial charge in [0, 0.05) is 45.2 Å². The van der Waals surface area contributed by atoms with Crippen molar-refractivity contribution in [3.8, 4) is 0 Å². The average molecular weight is 526 g/mol. The molecule has 3 rings (SSSR count). The van der Waals surface area contributed by atoms with Crippen molar-refractivity contribution in [1.82, 2.24) is 15.5 Å². The van der Waals surface area contributed by atoms with E-state index < -0.39 is 9.84 Å². The van der Waals surface area contributed by atoms with Gasteiger partial charge in [-0.2, -0.15) is 0 Å². The molecule has 160 valence electrons. The highest BCUT2D eigenvalue weighted by molar-refractivity contribution is 14.0. The summed E-state index contributed by atoms with van der Waals surface area (Å²) in [5.41, 5.74) is 0. The fourth-order valence-corrected chi connectivity index (χ4v) is 5.00. The predicted molar refractivity (Wildman–Crippen MR) is 120 cm³/mol. The van der Waals surface area contributed by atoms with Crippen LogP contribution in [0.25, 0.3) is 0 Å². The number of rotatable bonds is 8. The van der Waals surface area contributed by atoms with Gasteiger partial charge in [0.05, 0.1) is 31.0 Å². The molecule has 0 amide bonds. The number of hydrogen-bond donors (Lipinski definition) is 2. The molecule has 3 heterocycles. The van der Waals surface area contributed by atoms with Gasteiger partial charge in [-0.15, -0.1) is 24.0 Å². The number of guanidine groups is 1. The van der Waals surface area contributed by atoms with Gasteiger partial charge in [0.25, 0.3) is 0 Å². The van der Waals surface area contributed by atoms with Crippen LogP contribution in [0.1, 0.15) is 18.6 Å². The zero-order valence-corrected chi connectivity index (χ0v) is 19.3. The Morgan fingerprint density at radius 2 is 2.14 bits per heavy atom. The Bertz CT molecular complexity index is 690. The highest BCUT2D eigenvalue weighted by Crippen LogP contribution is 2.11. The van der Waals surface area contributed by atoms with Crippen LogP contribution in [-0.2, 0) is 21.0 Å². The summed E-state index contributed by atoms with van der Waals surface area (Å²) in [6.07, 6.45) is 4.02. The first-order chi connectivity index (χ1) is 13.1. The summed E-state index contributed by atoms with van der Waals surface area (Å²) in [5, 5.41) is 6.59. The Morgan fingerprint density at radius 1 is 1.32 bits per heavy atom. The molecule has 0 saturated carbocycles. The number of sulfone groups is 1. The van der Waals surface area contributed by atoms with Crippen molar-refractivity contribution in [2.45, 2.75) is 25.3 Å². The van der Waals surface area contributed by atoms with E-state index in [2.05, 4.69) is 20.5 Å². The van der Waals surface area contributed by atoms with Gasteiger partial charge in [0.15, 0.2) is 15.8 Å². The zero-order chi connectivity index (χ0) is 19.0. The van der Waals surface area contributed by atoms with Crippen molar-refractivity contribution in [3.63, 3.8) is 0 Å². The molecule has 28 heavy (non-hydrogen) atoms. The minimum Gasteiger partial charge on any atom is -0.469 e. The van der Waals surface area contributed by atoms with Gasteiger partial charge in [0.1, 0.15) is 5.76 Å². The van der Waals surface area contributed by atoms with Crippen LogP contribution in [0.3, 0.4) is 0 Å². The number of ether oxygens (including phenoxy) is 1. The summed E-state index contributed by atoms with van der Waals surface area (Å²) in [7, 11) is -2.92. The summed E-state index contributed by atoms with van der Waals surface area (Å²) < 4.78 is 34.1. The van der Waals surface area contributed by atoms with E-state index in [-0.39, 0.29) is 41.5 Å². The molecule has 2 saturated heterocycles. The number of aliphatic imine (C=N–C) groups is 1. The highest BCUT2D eigenvalue weighted by atomic mass is 127. The van der Waals surface area contributed by atoms with Gasteiger partial charge in [-0.25, -0.2) is 8.42 Å². The number of hydrogen-bond acceptors (Lipinski definition) is 6. The molecule has 1 aromatic heterocycles. The molecule has 2 N–H and O–H groups in total. The van der Waals surface area contributed by atoms with Gasteiger partial charge < -0.3 is 19.8 Å². The first kappa shape index (κ1) is 23.4. The zero-order valence-electron chi connectivity index (χ0n) is 16.1. The molecule has 2 aliphatic rings. The Hall–Kier alpha value is -0.850. The second kappa shape index (κ2) is 12.0. The maximum absolute atomic E-state index is 11.7. The number of nitrogens with zero attached hydrogens (tertiary/aromatic N) is 2. The first-order valence-corrected chi connectivity index (χ1v) is 11.5. The van der Waals surface area contributed by atoms with E-state index in [9.17, 15) is 8.42 Å². The van der Waals surface area contributed by atoms with Gasteiger partial charge >= 0.3 is 0 Å². The molecule has 0 aromatic carbocycles. The third-order valence-electron chi connectivity index (χ3n) is 4.82. The molecule has 2 aliphatic heterocycles. The van der Waals surface area contributed by atoms with Crippen LogP contribution in [-0.4, -0.2) is 82.8 Å². The fraction of sp³-hybridized carbons (Fsp3) is 0.722. The third kappa shape index (κ3) is 8.26.